The number of benzene rings is 2. The molecule has 0 bridgehead atoms. The lowest BCUT2D eigenvalue weighted by atomic mass is 10.2. The Morgan fingerprint density at radius 3 is 2.15 bits per heavy atom. The molecule has 136 valence electrons. The van der Waals surface area contributed by atoms with Gasteiger partial charge in [0, 0.05) is 24.7 Å². The van der Waals surface area contributed by atoms with E-state index in [4.69, 9.17) is 0 Å². The number of aromatic nitrogens is 1. The summed E-state index contributed by atoms with van der Waals surface area (Å²) in [4.78, 5) is 22.8. The van der Waals surface area contributed by atoms with E-state index < -0.39 is 6.17 Å². The highest BCUT2D eigenvalue weighted by molar-refractivity contribution is 5.88. The number of nitrogens with one attached hydrogen (secondary N) is 3. The third kappa shape index (κ3) is 4.92. The molecule has 1 heterocycles. The highest BCUT2D eigenvalue weighted by atomic mass is 16.1. The second kappa shape index (κ2) is 8.62. The first-order valence-electron chi connectivity index (χ1n) is 8.57. The lowest BCUT2D eigenvalue weighted by Gasteiger charge is -2.15. The highest BCUT2D eigenvalue weighted by Gasteiger charge is 2.18. The number of hydrogen-bond acceptors (Lipinski definition) is 4. The van der Waals surface area contributed by atoms with Crippen molar-refractivity contribution in [1.82, 2.24) is 0 Å². The van der Waals surface area contributed by atoms with Gasteiger partial charge in [-0.15, -0.1) is 0 Å². The molecule has 1 atom stereocenters. The van der Waals surface area contributed by atoms with Crippen molar-refractivity contribution in [2.75, 3.05) is 16.0 Å². The predicted octanol–water partition coefficient (Wildman–Crippen LogP) is 3.49. The van der Waals surface area contributed by atoms with Gasteiger partial charge in [-0.3, -0.25) is 9.59 Å². The molecule has 3 N–H and O–H groups in total. The van der Waals surface area contributed by atoms with Crippen LogP contribution in [0.5, 0.6) is 0 Å². The number of para-hydroxylation sites is 3. The summed E-state index contributed by atoms with van der Waals surface area (Å²) in [7, 11) is 0. The van der Waals surface area contributed by atoms with E-state index in [9.17, 15) is 9.59 Å². The van der Waals surface area contributed by atoms with E-state index in [2.05, 4.69) is 16.0 Å². The number of hydrogen-bond donors (Lipinski definition) is 3. The Morgan fingerprint density at radius 1 is 0.889 bits per heavy atom. The average molecular weight is 361 g/mol. The zero-order chi connectivity index (χ0) is 19.1. The minimum Gasteiger partial charge on any atom is -0.354 e. The summed E-state index contributed by atoms with van der Waals surface area (Å²) >= 11 is 0. The molecule has 1 aromatic heterocycles. The van der Waals surface area contributed by atoms with Crippen LogP contribution in [0.25, 0.3) is 0 Å². The van der Waals surface area contributed by atoms with Crippen molar-refractivity contribution in [1.29, 1.82) is 0 Å². The van der Waals surface area contributed by atoms with Crippen LogP contribution in [0.4, 0.5) is 22.7 Å². The van der Waals surface area contributed by atoms with Gasteiger partial charge in [0.05, 0.1) is 17.1 Å². The molecule has 0 aliphatic carbocycles. The number of carbonyl (C=O) groups is 2. The van der Waals surface area contributed by atoms with Crippen molar-refractivity contribution in [3.63, 3.8) is 0 Å². The Labute approximate surface area is 157 Å². The molecule has 6 heteroatoms. The molecule has 3 rings (SSSR count). The first kappa shape index (κ1) is 18.1. The molecule has 0 radical (unpaired) electrons. The molecule has 1 amide bonds. The van der Waals surface area contributed by atoms with E-state index in [1.807, 2.05) is 54.6 Å². The maximum atomic E-state index is 11.7. The first-order chi connectivity index (χ1) is 13.2. The summed E-state index contributed by atoms with van der Waals surface area (Å²) in [6, 6.07) is 21.0. The predicted molar refractivity (Wildman–Crippen MR) is 106 cm³/mol. The van der Waals surface area contributed by atoms with Gasteiger partial charge in [-0.1, -0.05) is 30.3 Å². The monoisotopic (exact) mass is 361 g/mol. The highest BCUT2D eigenvalue weighted by Crippen LogP contribution is 2.26. The summed E-state index contributed by atoms with van der Waals surface area (Å²) in [6.45, 7) is 1.45. The van der Waals surface area contributed by atoms with E-state index >= 15 is 0 Å². The summed E-state index contributed by atoms with van der Waals surface area (Å²) in [5.74, 6) is -0.140. The zero-order valence-corrected chi connectivity index (χ0v) is 14.9. The molecule has 0 saturated heterocycles. The summed E-state index contributed by atoms with van der Waals surface area (Å²) in [6.07, 6.45) is 3.72. The van der Waals surface area contributed by atoms with Crippen LogP contribution in [0, 0.1) is 0 Å². The maximum absolute atomic E-state index is 11.7. The van der Waals surface area contributed by atoms with Gasteiger partial charge in [-0.2, -0.15) is 4.57 Å². The van der Waals surface area contributed by atoms with Crippen LogP contribution in [-0.4, -0.2) is 12.2 Å². The molecule has 0 aliphatic rings. The molecule has 0 fully saturated rings. The quantitative estimate of drug-likeness (QED) is 0.445. The van der Waals surface area contributed by atoms with Crippen molar-refractivity contribution in [3.8, 4) is 0 Å². The second-order valence-electron chi connectivity index (χ2n) is 5.98. The van der Waals surface area contributed by atoms with Gasteiger partial charge in [-0.25, -0.2) is 0 Å². The summed E-state index contributed by atoms with van der Waals surface area (Å²) in [5.41, 5.74) is 3.30. The van der Waals surface area contributed by atoms with Crippen LogP contribution in [0.1, 0.15) is 13.1 Å². The molecule has 0 spiro atoms. The third-order valence-electron chi connectivity index (χ3n) is 3.91. The number of aldehydes is 1. The molecular formula is C21H21N4O2+. The minimum atomic E-state index is -0.588. The third-order valence-corrected chi connectivity index (χ3v) is 3.91. The Hall–Kier alpha value is -3.67. The Kier molecular flexibility index (Phi) is 5.79. The fourth-order valence-corrected chi connectivity index (χ4v) is 2.64. The lowest BCUT2D eigenvalue weighted by Crippen LogP contribution is -2.44. The van der Waals surface area contributed by atoms with Crippen molar-refractivity contribution in [2.24, 2.45) is 0 Å². The number of nitrogens with zero attached hydrogens (tertiary/aromatic N) is 1. The Bertz CT molecular complexity index is 911. The van der Waals surface area contributed by atoms with Crippen LogP contribution in [0.15, 0.2) is 79.1 Å². The second-order valence-corrected chi connectivity index (χ2v) is 5.98. The van der Waals surface area contributed by atoms with Crippen molar-refractivity contribution >= 4 is 34.9 Å². The summed E-state index contributed by atoms with van der Waals surface area (Å²) < 4.78 is 1.73. The van der Waals surface area contributed by atoms with Gasteiger partial charge < -0.3 is 16.0 Å². The Morgan fingerprint density at radius 2 is 1.52 bits per heavy atom. The first-order valence-corrected chi connectivity index (χ1v) is 8.57. The smallest absolute Gasteiger partial charge is 0.288 e. The topological polar surface area (TPSA) is 74.1 Å². The molecule has 6 nitrogen and oxygen atoms in total. The van der Waals surface area contributed by atoms with Crippen LogP contribution in [0.2, 0.25) is 0 Å². The van der Waals surface area contributed by atoms with E-state index in [1.54, 1.807) is 29.1 Å². The average Bonchev–Trinajstić information content (AvgIpc) is 2.68. The van der Waals surface area contributed by atoms with E-state index in [0.29, 0.717) is 5.69 Å². The Balaban J connectivity index is 1.78. The van der Waals surface area contributed by atoms with Crippen molar-refractivity contribution in [3.05, 3.63) is 79.1 Å². The zero-order valence-electron chi connectivity index (χ0n) is 14.9. The van der Waals surface area contributed by atoms with Crippen molar-refractivity contribution in [2.45, 2.75) is 13.1 Å². The molecule has 1 unspecified atom stereocenters. The maximum Gasteiger partial charge on any atom is 0.288 e. The van der Waals surface area contributed by atoms with Crippen LogP contribution >= 0.6 is 0 Å². The number of rotatable bonds is 7. The molecular weight excluding hydrogens is 340 g/mol. The molecule has 3 aromatic rings. The molecule has 0 aliphatic heterocycles. The number of anilines is 4. The molecule has 0 saturated carbocycles. The normalized spacial score (nSPS) is 11.3. The number of amides is 1. The fourth-order valence-electron chi connectivity index (χ4n) is 2.64. The summed E-state index contributed by atoms with van der Waals surface area (Å²) in [5, 5.41) is 9.29. The van der Waals surface area contributed by atoms with E-state index in [0.717, 1.165) is 23.3 Å². The van der Waals surface area contributed by atoms with Gasteiger partial charge >= 0.3 is 0 Å². The van der Waals surface area contributed by atoms with E-state index in [-0.39, 0.29) is 5.91 Å². The van der Waals surface area contributed by atoms with Gasteiger partial charge in [0.25, 0.3) is 6.17 Å². The van der Waals surface area contributed by atoms with Gasteiger partial charge in [-0.05, 0) is 24.3 Å². The van der Waals surface area contributed by atoms with Gasteiger partial charge in [0.1, 0.15) is 0 Å². The van der Waals surface area contributed by atoms with Crippen LogP contribution in [0.3, 0.4) is 0 Å². The van der Waals surface area contributed by atoms with Crippen LogP contribution in [-0.2, 0) is 9.59 Å². The largest absolute Gasteiger partial charge is 0.354 e. The number of carbonyl (C=O) groups excluding carboxylic acids is 2. The van der Waals surface area contributed by atoms with Gasteiger partial charge in [0.2, 0.25) is 12.2 Å². The van der Waals surface area contributed by atoms with Gasteiger partial charge in [0.15, 0.2) is 12.4 Å². The van der Waals surface area contributed by atoms with E-state index in [1.165, 1.54) is 6.92 Å². The number of pyridine rings is 1. The minimum absolute atomic E-state index is 0.140. The SMILES string of the molecule is CC(=O)Nc1cc[n+](C(C=O)Nc2ccccc2Nc2ccccc2)cc1. The standard InChI is InChI=1S/C21H20N4O2/c1-16(27)22-18-11-13-25(14-12-18)21(15-26)24-20-10-6-5-9-19(20)23-17-7-3-2-4-8-17/h2-15,21,23-24H,1H3/p+1. The fraction of sp³-hybridized carbons (Fsp3) is 0.0952. The molecule has 2 aromatic carbocycles. The lowest BCUT2D eigenvalue weighted by molar-refractivity contribution is -0.701. The van der Waals surface area contributed by atoms with Crippen molar-refractivity contribution < 1.29 is 14.2 Å². The molecule has 27 heavy (non-hydrogen) atoms. The van der Waals surface area contributed by atoms with Crippen LogP contribution < -0.4 is 20.5 Å².